The minimum atomic E-state index is 0.343. The van der Waals surface area contributed by atoms with Gasteiger partial charge < -0.3 is 4.74 Å². The van der Waals surface area contributed by atoms with Crippen LogP contribution in [0.15, 0.2) is 47.6 Å². The fourth-order valence-corrected chi connectivity index (χ4v) is 1.57. The molecule has 0 aliphatic heterocycles. The van der Waals surface area contributed by atoms with E-state index >= 15 is 0 Å². The van der Waals surface area contributed by atoms with Gasteiger partial charge in [-0.05, 0) is 30.4 Å². The zero-order chi connectivity index (χ0) is 14.2. The smallest absolute Gasteiger partial charge is 0.168 e. The number of benzene rings is 1. The van der Waals surface area contributed by atoms with Gasteiger partial charge in [0.2, 0.25) is 0 Å². The third-order valence-corrected chi connectivity index (χ3v) is 2.59. The molecule has 102 valence electrons. The first-order chi connectivity index (χ1) is 9.79. The first kappa shape index (κ1) is 14.0. The molecule has 1 aromatic carbocycles. The topological polar surface area (TPSA) is 59.4 Å². The highest BCUT2D eigenvalue weighted by atomic mass is 35.5. The number of ether oxygens (including phenoxy) is 1. The van der Waals surface area contributed by atoms with E-state index in [9.17, 15) is 0 Å². The van der Waals surface area contributed by atoms with E-state index in [2.05, 4.69) is 20.7 Å². The average Bonchev–Trinajstić information content (AvgIpc) is 2.49. The Hall–Kier alpha value is -2.40. The number of nitrogens with zero attached hydrogens (tertiary/aromatic N) is 3. The van der Waals surface area contributed by atoms with Crippen LogP contribution in [0, 0.1) is 0 Å². The van der Waals surface area contributed by atoms with Gasteiger partial charge in [-0.3, -0.25) is 5.43 Å². The molecule has 0 amide bonds. The second-order valence-corrected chi connectivity index (χ2v) is 4.12. The van der Waals surface area contributed by atoms with E-state index in [0.29, 0.717) is 11.0 Å². The van der Waals surface area contributed by atoms with Crippen molar-refractivity contribution in [1.82, 2.24) is 10.2 Å². The zero-order valence-corrected chi connectivity index (χ0v) is 11.6. The lowest BCUT2D eigenvalue weighted by molar-refractivity contribution is 0.414. The lowest BCUT2D eigenvalue weighted by Gasteiger charge is -2.02. The van der Waals surface area contributed by atoms with Gasteiger partial charge in [0.05, 0.1) is 7.11 Å². The van der Waals surface area contributed by atoms with Gasteiger partial charge >= 0.3 is 0 Å². The van der Waals surface area contributed by atoms with Crippen LogP contribution in [0.5, 0.6) is 5.75 Å². The first-order valence-corrected chi connectivity index (χ1v) is 6.25. The van der Waals surface area contributed by atoms with Crippen LogP contribution in [-0.2, 0) is 0 Å². The average molecular weight is 289 g/mol. The molecule has 6 heteroatoms. The van der Waals surface area contributed by atoms with Gasteiger partial charge in [0.15, 0.2) is 11.0 Å². The summed E-state index contributed by atoms with van der Waals surface area (Å²) in [6.07, 6.45) is 5.31. The Morgan fingerprint density at radius 3 is 2.80 bits per heavy atom. The lowest BCUT2D eigenvalue weighted by Crippen LogP contribution is -1.93. The molecule has 20 heavy (non-hydrogen) atoms. The molecule has 0 spiro atoms. The van der Waals surface area contributed by atoms with Crippen molar-refractivity contribution >= 4 is 29.7 Å². The van der Waals surface area contributed by atoms with Crippen LogP contribution in [0.4, 0.5) is 5.82 Å². The highest BCUT2D eigenvalue weighted by molar-refractivity contribution is 6.29. The summed E-state index contributed by atoms with van der Waals surface area (Å²) in [6.45, 7) is 0. The molecule has 0 saturated carbocycles. The van der Waals surface area contributed by atoms with Crippen LogP contribution in [0.2, 0.25) is 5.15 Å². The van der Waals surface area contributed by atoms with Gasteiger partial charge in [0.25, 0.3) is 0 Å². The van der Waals surface area contributed by atoms with Crippen molar-refractivity contribution in [1.29, 1.82) is 0 Å². The zero-order valence-electron chi connectivity index (χ0n) is 10.8. The Kier molecular flexibility index (Phi) is 5.08. The van der Waals surface area contributed by atoms with E-state index in [1.165, 1.54) is 0 Å². The second-order valence-electron chi connectivity index (χ2n) is 3.73. The van der Waals surface area contributed by atoms with Crippen molar-refractivity contribution < 1.29 is 4.74 Å². The number of allylic oxidation sites excluding steroid dienone is 1. The molecular weight excluding hydrogens is 276 g/mol. The summed E-state index contributed by atoms with van der Waals surface area (Å²) in [5.41, 5.74) is 3.72. The SMILES string of the molecule is COc1ccccc1/C=C/C=N/Nc1ccc(Cl)nn1. The highest BCUT2D eigenvalue weighted by Crippen LogP contribution is 2.18. The molecule has 0 aliphatic carbocycles. The lowest BCUT2D eigenvalue weighted by atomic mass is 10.2. The summed E-state index contributed by atoms with van der Waals surface area (Å²) in [5.74, 6) is 1.34. The highest BCUT2D eigenvalue weighted by Gasteiger charge is 1.95. The molecule has 1 heterocycles. The van der Waals surface area contributed by atoms with Crippen molar-refractivity contribution in [3.63, 3.8) is 0 Å². The Labute approximate surface area is 121 Å². The standard InChI is InChI=1S/C14H13ClN4O/c1-20-12-7-3-2-5-11(12)6-4-10-16-18-14-9-8-13(15)17-19-14/h2-10H,1H3,(H,18,19)/b6-4+,16-10+. The van der Waals surface area contributed by atoms with E-state index in [1.807, 2.05) is 30.3 Å². The van der Waals surface area contributed by atoms with Crippen molar-refractivity contribution in [2.75, 3.05) is 12.5 Å². The molecule has 0 aliphatic rings. The number of hydrogen-bond acceptors (Lipinski definition) is 5. The van der Waals surface area contributed by atoms with Crippen LogP contribution >= 0.6 is 11.6 Å². The van der Waals surface area contributed by atoms with E-state index in [1.54, 1.807) is 31.5 Å². The minimum absolute atomic E-state index is 0.343. The third-order valence-electron chi connectivity index (χ3n) is 2.39. The molecule has 1 N–H and O–H groups in total. The number of hydrogen-bond donors (Lipinski definition) is 1. The van der Waals surface area contributed by atoms with Crippen LogP contribution in [0.25, 0.3) is 6.08 Å². The predicted molar refractivity (Wildman–Crippen MR) is 81.2 cm³/mol. The monoisotopic (exact) mass is 288 g/mol. The van der Waals surface area contributed by atoms with Crippen LogP contribution in [-0.4, -0.2) is 23.5 Å². The quantitative estimate of drug-likeness (QED) is 0.678. The van der Waals surface area contributed by atoms with Gasteiger partial charge in [0.1, 0.15) is 5.75 Å². The largest absolute Gasteiger partial charge is 0.496 e. The summed E-state index contributed by atoms with van der Waals surface area (Å²) in [5, 5.41) is 11.8. The van der Waals surface area contributed by atoms with Gasteiger partial charge in [-0.2, -0.15) is 5.10 Å². The Balaban J connectivity index is 1.92. The number of nitrogens with one attached hydrogen (secondary N) is 1. The number of halogens is 1. The number of aromatic nitrogens is 2. The molecule has 0 unspecified atom stereocenters. The summed E-state index contributed by atoms with van der Waals surface area (Å²) in [6, 6.07) is 11.1. The van der Waals surface area contributed by atoms with Crippen molar-refractivity contribution in [3.8, 4) is 5.75 Å². The molecular formula is C14H13ClN4O. The predicted octanol–water partition coefficient (Wildman–Crippen LogP) is 3.25. The second kappa shape index (κ2) is 7.25. The number of anilines is 1. The maximum absolute atomic E-state index is 5.63. The fourth-order valence-electron chi connectivity index (χ4n) is 1.47. The summed E-state index contributed by atoms with van der Waals surface area (Å²) >= 11 is 5.63. The molecule has 0 saturated heterocycles. The van der Waals surface area contributed by atoms with Crippen LogP contribution < -0.4 is 10.2 Å². The van der Waals surface area contributed by atoms with Gasteiger partial charge in [-0.1, -0.05) is 29.8 Å². The Morgan fingerprint density at radius 1 is 1.20 bits per heavy atom. The number of rotatable bonds is 5. The molecule has 2 aromatic rings. The molecule has 5 nitrogen and oxygen atoms in total. The molecule has 1 aromatic heterocycles. The Bertz CT molecular complexity index is 611. The molecule has 0 bridgehead atoms. The van der Waals surface area contributed by atoms with Crippen LogP contribution in [0.1, 0.15) is 5.56 Å². The summed E-state index contributed by atoms with van der Waals surface area (Å²) in [7, 11) is 1.64. The van der Waals surface area contributed by atoms with Gasteiger partial charge in [-0.15, -0.1) is 10.2 Å². The van der Waals surface area contributed by atoms with Crippen LogP contribution in [0.3, 0.4) is 0 Å². The maximum Gasteiger partial charge on any atom is 0.168 e. The summed E-state index contributed by atoms with van der Waals surface area (Å²) in [4.78, 5) is 0. The van der Waals surface area contributed by atoms with Crippen molar-refractivity contribution in [3.05, 3.63) is 53.2 Å². The summed E-state index contributed by atoms with van der Waals surface area (Å²) < 4.78 is 5.24. The van der Waals surface area contributed by atoms with Crippen molar-refractivity contribution in [2.45, 2.75) is 0 Å². The number of para-hydroxylation sites is 1. The molecule has 2 rings (SSSR count). The van der Waals surface area contributed by atoms with E-state index in [0.717, 1.165) is 11.3 Å². The number of methoxy groups -OCH3 is 1. The molecule has 0 radical (unpaired) electrons. The minimum Gasteiger partial charge on any atom is -0.496 e. The Morgan fingerprint density at radius 2 is 2.05 bits per heavy atom. The first-order valence-electron chi connectivity index (χ1n) is 5.87. The normalized spacial score (nSPS) is 11.1. The van der Waals surface area contributed by atoms with Gasteiger partial charge in [-0.25, -0.2) is 0 Å². The maximum atomic E-state index is 5.63. The van der Waals surface area contributed by atoms with E-state index in [-0.39, 0.29) is 0 Å². The van der Waals surface area contributed by atoms with E-state index < -0.39 is 0 Å². The molecule has 0 fully saturated rings. The molecule has 0 atom stereocenters. The fraction of sp³-hybridized carbons (Fsp3) is 0.0714. The van der Waals surface area contributed by atoms with E-state index in [4.69, 9.17) is 16.3 Å². The number of hydrazone groups is 1. The van der Waals surface area contributed by atoms with Crippen molar-refractivity contribution in [2.24, 2.45) is 5.10 Å². The van der Waals surface area contributed by atoms with Gasteiger partial charge in [0, 0.05) is 11.8 Å². The third kappa shape index (κ3) is 4.07.